The highest BCUT2D eigenvalue weighted by molar-refractivity contribution is 5.82. The van der Waals surface area contributed by atoms with Crippen molar-refractivity contribution in [2.45, 2.75) is 6.92 Å². The Kier molecular flexibility index (Phi) is 3.40. The number of nitriles is 1. The third-order valence-electron chi connectivity index (χ3n) is 3.17. The molecular weight excluding hydrogens is 260 g/mol. The average molecular weight is 274 g/mol. The Bertz CT molecular complexity index is 819. The summed E-state index contributed by atoms with van der Waals surface area (Å²) < 4.78 is 0. The van der Waals surface area contributed by atoms with Crippen LogP contribution < -0.4 is 5.32 Å². The lowest BCUT2D eigenvalue weighted by Gasteiger charge is -2.02. The van der Waals surface area contributed by atoms with Crippen LogP contribution in [-0.4, -0.2) is 9.97 Å². The minimum atomic E-state index is 0.465. The molecular formula is C17H14N4. The normalized spacial score (nSPS) is 11.3. The number of rotatable bonds is 3. The third kappa shape index (κ3) is 2.77. The van der Waals surface area contributed by atoms with E-state index in [-0.39, 0.29) is 0 Å². The molecule has 0 saturated carbocycles. The van der Waals surface area contributed by atoms with E-state index in [0.29, 0.717) is 11.4 Å². The van der Waals surface area contributed by atoms with E-state index in [4.69, 9.17) is 0 Å². The Morgan fingerprint density at radius 1 is 1.24 bits per heavy atom. The molecule has 0 aliphatic rings. The van der Waals surface area contributed by atoms with Gasteiger partial charge in [0.2, 0.25) is 0 Å². The van der Waals surface area contributed by atoms with Crippen LogP contribution in [0.5, 0.6) is 0 Å². The highest BCUT2D eigenvalue weighted by atomic mass is 14.9. The first kappa shape index (κ1) is 12.9. The number of anilines is 1. The van der Waals surface area contributed by atoms with Gasteiger partial charge in [-0.2, -0.15) is 5.26 Å². The number of H-pyrrole nitrogens is 1. The first-order valence-electron chi connectivity index (χ1n) is 6.65. The van der Waals surface area contributed by atoms with Gasteiger partial charge in [0.1, 0.15) is 11.6 Å². The molecule has 0 fully saturated rings. The predicted octanol–water partition coefficient (Wildman–Crippen LogP) is 3.85. The van der Waals surface area contributed by atoms with Crippen LogP contribution in [0.15, 0.2) is 54.7 Å². The van der Waals surface area contributed by atoms with Crippen molar-refractivity contribution in [2.75, 3.05) is 5.32 Å². The summed E-state index contributed by atoms with van der Waals surface area (Å²) in [6, 6.07) is 17.9. The number of fused-ring (bicyclic) bond motifs is 1. The van der Waals surface area contributed by atoms with Crippen LogP contribution in [0.1, 0.15) is 11.4 Å². The standard InChI is InChI=1S/C17H14N4/c1-12-5-4-6-14(9-12)19-11-13(10-18)17-20-15-7-2-3-8-16(15)21-17/h2-9,11,19H,1H3,(H,20,21). The van der Waals surface area contributed by atoms with Gasteiger partial charge in [-0.3, -0.25) is 0 Å². The first-order valence-corrected chi connectivity index (χ1v) is 6.65. The van der Waals surface area contributed by atoms with Gasteiger partial charge in [0, 0.05) is 11.9 Å². The van der Waals surface area contributed by atoms with Crippen LogP contribution in [0.25, 0.3) is 16.6 Å². The molecule has 2 N–H and O–H groups in total. The third-order valence-corrected chi connectivity index (χ3v) is 3.17. The summed E-state index contributed by atoms with van der Waals surface area (Å²) in [6.45, 7) is 2.03. The topological polar surface area (TPSA) is 64.5 Å². The maximum Gasteiger partial charge on any atom is 0.150 e. The molecule has 3 aromatic rings. The predicted molar refractivity (Wildman–Crippen MR) is 84.5 cm³/mol. The van der Waals surface area contributed by atoms with Crippen LogP contribution >= 0.6 is 0 Å². The SMILES string of the molecule is Cc1cccc(NC=C(C#N)c2nc3ccccc3[nH]2)c1. The lowest BCUT2D eigenvalue weighted by atomic mass is 10.2. The Hall–Kier alpha value is -3.06. The van der Waals surface area contributed by atoms with Crippen molar-refractivity contribution in [3.8, 4) is 6.07 Å². The van der Waals surface area contributed by atoms with Gasteiger partial charge in [-0.1, -0.05) is 24.3 Å². The largest absolute Gasteiger partial charge is 0.360 e. The van der Waals surface area contributed by atoms with E-state index in [1.165, 1.54) is 0 Å². The average Bonchev–Trinajstić information content (AvgIpc) is 2.91. The Balaban J connectivity index is 1.91. The van der Waals surface area contributed by atoms with Gasteiger partial charge >= 0.3 is 0 Å². The first-order chi connectivity index (χ1) is 10.3. The van der Waals surface area contributed by atoms with Crippen molar-refractivity contribution >= 4 is 22.3 Å². The van der Waals surface area contributed by atoms with Gasteiger partial charge in [0.05, 0.1) is 11.0 Å². The summed E-state index contributed by atoms with van der Waals surface area (Å²) in [5.41, 5.74) is 4.34. The number of nitrogens with one attached hydrogen (secondary N) is 2. The van der Waals surface area contributed by atoms with E-state index in [1.807, 2.05) is 55.5 Å². The number of hydrogen-bond acceptors (Lipinski definition) is 3. The Labute approximate surface area is 122 Å². The van der Waals surface area contributed by atoms with Crippen LogP contribution in [-0.2, 0) is 0 Å². The minimum Gasteiger partial charge on any atom is -0.360 e. The van der Waals surface area contributed by atoms with Crippen molar-refractivity contribution in [3.05, 3.63) is 66.1 Å². The van der Waals surface area contributed by atoms with E-state index in [2.05, 4.69) is 21.4 Å². The second kappa shape index (κ2) is 5.51. The lowest BCUT2D eigenvalue weighted by Crippen LogP contribution is -1.92. The summed E-state index contributed by atoms with van der Waals surface area (Å²) in [6.07, 6.45) is 1.67. The molecule has 1 aromatic heterocycles. The molecule has 0 bridgehead atoms. The number of benzene rings is 2. The lowest BCUT2D eigenvalue weighted by molar-refractivity contribution is 1.27. The fourth-order valence-electron chi connectivity index (χ4n) is 2.12. The summed E-state index contributed by atoms with van der Waals surface area (Å²) in [5, 5.41) is 12.5. The molecule has 0 saturated heterocycles. The smallest absolute Gasteiger partial charge is 0.150 e. The van der Waals surface area contributed by atoms with Crippen LogP contribution in [0, 0.1) is 18.3 Å². The number of nitrogens with zero attached hydrogens (tertiary/aromatic N) is 2. The number of para-hydroxylation sites is 2. The molecule has 2 aromatic carbocycles. The zero-order valence-electron chi connectivity index (χ0n) is 11.6. The fourth-order valence-corrected chi connectivity index (χ4v) is 2.12. The van der Waals surface area contributed by atoms with Crippen LogP contribution in [0.4, 0.5) is 5.69 Å². The van der Waals surface area contributed by atoms with Gasteiger partial charge in [0.25, 0.3) is 0 Å². The summed E-state index contributed by atoms with van der Waals surface area (Å²) >= 11 is 0. The maximum absolute atomic E-state index is 9.32. The molecule has 4 nitrogen and oxygen atoms in total. The van der Waals surface area contributed by atoms with E-state index in [0.717, 1.165) is 22.3 Å². The highest BCUT2D eigenvalue weighted by Gasteiger charge is 2.07. The number of hydrogen-bond donors (Lipinski definition) is 2. The van der Waals surface area contributed by atoms with Gasteiger partial charge in [-0.05, 0) is 36.8 Å². The van der Waals surface area contributed by atoms with Gasteiger partial charge in [0.15, 0.2) is 5.82 Å². The van der Waals surface area contributed by atoms with Crippen LogP contribution in [0.2, 0.25) is 0 Å². The summed E-state index contributed by atoms with van der Waals surface area (Å²) in [5.74, 6) is 0.568. The molecule has 0 aliphatic carbocycles. The van der Waals surface area contributed by atoms with E-state index in [1.54, 1.807) is 6.20 Å². The zero-order valence-corrected chi connectivity index (χ0v) is 11.6. The number of aromatic nitrogens is 2. The second-order valence-electron chi connectivity index (χ2n) is 4.79. The number of aryl methyl sites for hydroxylation is 1. The van der Waals surface area contributed by atoms with Crippen molar-refractivity contribution in [1.29, 1.82) is 5.26 Å². The number of allylic oxidation sites excluding steroid dienone is 1. The van der Waals surface area contributed by atoms with Crippen LogP contribution in [0.3, 0.4) is 0 Å². The van der Waals surface area contributed by atoms with Gasteiger partial charge in [-0.15, -0.1) is 0 Å². The summed E-state index contributed by atoms with van der Waals surface area (Å²) in [4.78, 5) is 7.58. The minimum absolute atomic E-state index is 0.465. The van der Waals surface area contributed by atoms with E-state index >= 15 is 0 Å². The molecule has 0 amide bonds. The molecule has 4 heteroatoms. The fraction of sp³-hybridized carbons (Fsp3) is 0.0588. The molecule has 1 heterocycles. The van der Waals surface area contributed by atoms with E-state index in [9.17, 15) is 5.26 Å². The summed E-state index contributed by atoms with van der Waals surface area (Å²) in [7, 11) is 0. The van der Waals surface area contributed by atoms with Crippen molar-refractivity contribution in [3.63, 3.8) is 0 Å². The second-order valence-corrected chi connectivity index (χ2v) is 4.79. The quantitative estimate of drug-likeness (QED) is 0.713. The Morgan fingerprint density at radius 3 is 2.86 bits per heavy atom. The maximum atomic E-state index is 9.32. The van der Waals surface area contributed by atoms with Gasteiger partial charge in [-0.25, -0.2) is 4.98 Å². The highest BCUT2D eigenvalue weighted by Crippen LogP contribution is 2.17. The molecule has 0 atom stereocenters. The Morgan fingerprint density at radius 2 is 2.10 bits per heavy atom. The molecule has 0 radical (unpaired) electrons. The molecule has 0 unspecified atom stereocenters. The monoisotopic (exact) mass is 274 g/mol. The van der Waals surface area contributed by atoms with Crippen molar-refractivity contribution < 1.29 is 0 Å². The molecule has 102 valence electrons. The number of aromatic amines is 1. The molecule has 0 spiro atoms. The van der Waals surface area contributed by atoms with E-state index < -0.39 is 0 Å². The number of imidazole rings is 1. The molecule has 3 rings (SSSR count). The van der Waals surface area contributed by atoms with Crippen molar-refractivity contribution in [2.24, 2.45) is 0 Å². The molecule has 21 heavy (non-hydrogen) atoms. The van der Waals surface area contributed by atoms with Gasteiger partial charge < -0.3 is 10.3 Å². The van der Waals surface area contributed by atoms with Crippen molar-refractivity contribution in [1.82, 2.24) is 9.97 Å². The zero-order chi connectivity index (χ0) is 14.7. The molecule has 0 aliphatic heterocycles.